The summed E-state index contributed by atoms with van der Waals surface area (Å²) in [5.41, 5.74) is 2.71. The predicted molar refractivity (Wildman–Crippen MR) is 113 cm³/mol. The molecule has 6 nitrogen and oxygen atoms in total. The summed E-state index contributed by atoms with van der Waals surface area (Å²) in [7, 11) is 0. The van der Waals surface area contributed by atoms with E-state index in [2.05, 4.69) is 5.32 Å². The van der Waals surface area contributed by atoms with Gasteiger partial charge < -0.3 is 15.0 Å². The maximum atomic E-state index is 12.5. The van der Waals surface area contributed by atoms with Gasteiger partial charge in [0, 0.05) is 18.8 Å². The first-order valence-corrected chi connectivity index (χ1v) is 10.6. The number of carbonyl (C=O) groups excluding carboxylic acids is 3. The van der Waals surface area contributed by atoms with Crippen molar-refractivity contribution in [2.45, 2.75) is 39.7 Å². The van der Waals surface area contributed by atoms with Gasteiger partial charge in [-0.25, -0.2) is 0 Å². The number of thiophene rings is 1. The molecule has 1 aliphatic rings. The van der Waals surface area contributed by atoms with E-state index in [0.29, 0.717) is 30.8 Å². The molecule has 2 heterocycles. The second-order valence-electron chi connectivity index (χ2n) is 7.43. The molecule has 7 heteroatoms. The number of anilines is 1. The molecular weight excluding hydrogens is 388 g/mol. The summed E-state index contributed by atoms with van der Waals surface area (Å²) in [6, 6.07) is 9.47. The molecule has 1 atom stereocenters. The Morgan fingerprint density at radius 1 is 1.17 bits per heavy atom. The van der Waals surface area contributed by atoms with Crippen LogP contribution in [0.1, 0.15) is 40.6 Å². The molecule has 2 amide bonds. The molecule has 1 aromatic heterocycles. The standard InChI is InChI=1S/C22H26N2O4S/c1-14-6-7-15(2)18(13-14)23-20(25)16(3)28-22(27)17-8-10-24(11-9-17)21(26)19-5-4-12-29-19/h4-7,12-13,16-17H,8-11H2,1-3H3,(H,23,25)/t16-/m1/s1. The van der Waals surface area contributed by atoms with E-state index in [0.717, 1.165) is 16.8 Å². The van der Waals surface area contributed by atoms with Crippen LogP contribution >= 0.6 is 11.3 Å². The number of likely N-dealkylation sites (tertiary alicyclic amines) is 1. The first-order valence-electron chi connectivity index (χ1n) is 9.76. The van der Waals surface area contributed by atoms with Crippen molar-refractivity contribution >= 4 is 34.8 Å². The largest absolute Gasteiger partial charge is 0.452 e. The number of nitrogens with zero attached hydrogens (tertiary/aromatic N) is 1. The number of piperidine rings is 1. The van der Waals surface area contributed by atoms with Crippen LogP contribution in [-0.4, -0.2) is 41.9 Å². The number of rotatable bonds is 5. The Bertz CT molecular complexity index is 886. The molecule has 0 saturated carbocycles. The second kappa shape index (κ2) is 9.22. The number of esters is 1. The smallest absolute Gasteiger partial charge is 0.309 e. The van der Waals surface area contributed by atoms with Gasteiger partial charge in [-0.15, -0.1) is 11.3 Å². The number of benzene rings is 1. The molecule has 0 bridgehead atoms. The van der Waals surface area contributed by atoms with Crippen molar-refractivity contribution in [3.63, 3.8) is 0 Å². The first kappa shape index (κ1) is 21.0. The van der Waals surface area contributed by atoms with E-state index in [-0.39, 0.29) is 23.7 Å². The first-order chi connectivity index (χ1) is 13.8. The summed E-state index contributed by atoms with van der Waals surface area (Å²) in [5, 5.41) is 4.71. The van der Waals surface area contributed by atoms with Gasteiger partial charge in [-0.3, -0.25) is 14.4 Å². The Hall–Kier alpha value is -2.67. The Labute approximate surface area is 174 Å². The van der Waals surface area contributed by atoms with Gasteiger partial charge in [-0.05, 0) is 62.3 Å². The van der Waals surface area contributed by atoms with Crippen LogP contribution in [0.25, 0.3) is 0 Å². The van der Waals surface area contributed by atoms with E-state index in [1.807, 2.05) is 49.6 Å². The van der Waals surface area contributed by atoms with Crippen LogP contribution in [-0.2, 0) is 14.3 Å². The zero-order chi connectivity index (χ0) is 21.0. The Balaban J connectivity index is 1.49. The van der Waals surface area contributed by atoms with Crippen LogP contribution in [0.15, 0.2) is 35.7 Å². The highest BCUT2D eigenvalue weighted by Gasteiger charge is 2.31. The molecule has 1 aromatic carbocycles. The highest BCUT2D eigenvalue weighted by atomic mass is 32.1. The monoisotopic (exact) mass is 414 g/mol. The van der Waals surface area contributed by atoms with Gasteiger partial charge >= 0.3 is 5.97 Å². The third kappa shape index (κ3) is 5.23. The van der Waals surface area contributed by atoms with E-state index in [1.54, 1.807) is 11.8 Å². The lowest BCUT2D eigenvalue weighted by molar-refractivity contribution is -0.158. The third-order valence-electron chi connectivity index (χ3n) is 5.16. The minimum absolute atomic E-state index is 0.00749. The lowest BCUT2D eigenvalue weighted by Gasteiger charge is -2.31. The lowest BCUT2D eigenvalue weighted by Crippen LogP contribution is -2.41. The van der Waals surface area contributed by atoms with Crippen molar-refractivity contribution in [3.05, 3.63) is 51.7 Å². The average molecular weight is 415 g/mol. The molecule has 0 aliphatic carbocycles. The van der Waals surface area contributed by atoms with Crippen molar-refractivity contribution in [1.82, 2.24) is 4.90 Å². The zero-order valence-corrected chi connectivity index (χ0v) is 17.8. The van der Waals surface area contributed by atoms with Crippen LogP contribution < -0.4 is 5.32 Å². The number of ether oxygens (including phenoxy) is 1. The van der Waals surface area contributed by atoms with Gasteiger partial charge in [0.15, 0.2) is 6.10 Å². The van der Waals surface area contributed by atoms with E-state index in [9.17, 15) is 14.4 Å². The van der Waals surface area contributed by atoms with E-state index in [4.69, 9.17) is 4.74 Å². The summed E-state index contributed by atoms with van der Waals surface area (Å²) in [5.74, 6) is -1.01. The molecule has 3 rings (SSSR count). The maximum Gasteiger partial charge on any atom is 0.309 e. The van der Waals surface area contributed by atoms with Crippen molar-refractivity contribution in [2.24, 2.45) is 5.92 Å². The SMILES string of the molecule is Cc1ccc(C)c(NC(=O)[C@@H](C)OC(=O)C2CCN(C(=O)c3cccs3)CC2)c1. The summed E-state index contributed by atoms with van der Waals surface area (Å²) in [6.07, 6.45) is 0.205. The van der Waals surface area contributed by atoms with Gasteiger partial charge in [0.2, 0.25) is 0 Å². The second-order valence-corrected chi connectivity index (χ2v) is 8.38. The van der Waals surface area contributed by atoms with Crippen molar-refractivity contribution in [1.29, 1.82) is 0 Å². The van der Waals surface area contributed by atoms with Crippen molar-refractivity contribution < 1.29 is 19.1 Å². The zero-order valence-electron chi connectivity index (χ0n) is 16.9. The number of amides is 2. The van der Waals surface area contributed by atoms with Crippen LogP contribution in [0.5, 0.6) is 0 Å². The van der Waals surface area contributed by atoms with Gasteiger partial charge in [0.1, 0.15) is 0 Å². The summed E-state index contributed by atoms with van der Waals surface area (Å²) in [4.78, 5) is 39.8. The Morgan fingerprint density at radius 3 is 2.55 bits per heavy atom. The maximum absolute atomic E-state index is 12.5. The topological polar surface area (TPSA) is 75.7 Å². The van der Waals surface area contributed by atoms with Gasteiger partial charge in [0.25, 0.3) is 11.8 Å². The number of hydrogen-bond acceptors (Lipinski definition) is 5. The summed E-state index contributed by atoms with van der Waals surface area (Å²) < 4.78 is 5.41. The van der Waals surface area contributed by atoms with Gasteiger partial charge in [0.05, 0.1) is 10.8 Å². The number of hydrogen-bond donors (Lipinski definition) is 1. The number of nitrogens with one attached hydrogen (secondary N) is 1. The normalized spacial score (nSPS) is 15.6. The van der Waals surface area contributed by atoms with Gasteiger partial charge in [-0.2, -0.15) is 0 Å². The van der Waals surface area contributed by atoms with Crippen LogP contribution in [0.3, 0.4) is 0 Å². The molecular formula is C22H26N2O4S. The third-order valence-corrected chi connectivity index (χ3v) is 6.02. The van der Waals surface area contributed by atoms with E-state index < -0.39 is 6.10 Å². The molecule has 1 fully saturated rings. The van der Waals surface area contributed by atoms with Crippen LogP contribution in [0.4, 0.5) is 5.69 Å². The van der Waals surface area contributed by atoms with Crippen molar-refractivity contribution in [3.8, 4) is 0 Å². The quantitative estimate of drug-likeness (QED) is 0.756. The van der Waals surface area contributed by atoms with Crippen molar-refractivity contribution in [2.75, 3.05) is 18.4 Å². The van der Waals surface area contributed by atoms with Gasteiger partial charge in [-0.1, -0.05) is 18.2 Å². The predicted octanol–water partition coefficient (Wildman–Crippen LogP) is 3.79. The molecule has 0 spiro atoms. The number of carbonyl (C=O) groups is 3. The van der Waals surface area contributed by atoms with E-state index in [1.165, 1.54) is 11.3 Å². The van der Waals surface area contributed by atoms with Crippen LogP contribution in [0, 0.1) is 19.8 Å². The minimum Gasteiger partial charge on any atom is -0.452 e. The highest BCUT2D eigenvalue weighted by Crippen LogP contribution is 2.23. The molecule has 0 radical (unpaired) electrons. The van der Waals surface area contributed by atoms with Crippen LogP contribution in [0.2, 0.25) is 0 Å². The Kier molecular flexibility index (Phi) is 6.69. The molecule has 2 aromatic rings. The summed E-state index contributed by atoms with van der Waals surface area (Å²) >= 11 is 1.42. The highest BCUT2D eigenvalue weighted by molar-refractivity contribution is 7.12. The molecule has 1 N–H and O–H groups in total. The summed E-state index contributed by atoms with van der Waals surface area (Å²) in [6.45, 7) is 6.47. The fourth-order valence-corrected chi connectivity index (χ4v) is 3.99. The molecule has 29 heavy (non-hydrogen) atoms. The fraction of sp³-hybridized carbons (Fsp3) is 0.409. The molecule has 1 saturated heterocycles. The fourth-order valence-electron chi connectivity index (χ4n) is 3.30. The number of aryl methyl sites for hydroxylation is 2. The molecule has 1 aliphatic heterocycles. The average Bonchev–Trinajstić information content (AvgIpc) is 3.25. The molecule has 154 valence electrons. The molecule has 0 unspecified atom stereocenters. The van der Waals surface area contributed by atoms with E-state index >= 15 is 0 Å². The Morgan fingerprint density at radius 2 is 1.90 bits per heavy atom. The minimum atomic E-state index is -0.881. The lowest BCUT2D eigenvalue weighted by atomic mass is 9.97.